The molecule has 1 heteroatoms. The van der Waals surface area contributed by atoms with Crippen molar-refractivity contribution >= 4 is 0 Å². The fourth-order valence-electron chi connectivity index (χ4n) is 2.58. The first kappa shape index (κ1) is 12.8. The van der Waals surface area contributed by atoms with Crippen molar-refractivity contribution in [1.29, 1.82) is 0 Å². The maximum atomic E-state index is 6.49. The van der Waals surface area contributed by atoms with Crippen molar-refractivity contribution in [2.24, 2.45) is 5.73 Å². The van der Waals surface area contributed by atoms with Gasteiger partial charge in [-0.15, -0.1) is 0 Å². The van der Waals surface area contributed by atoms with Crippen LogP contribution in [-0.2, 0) is 0 Å². The summed E-state index contributed by atoms with van der Waals surface area (Å²) >= 11 is 0. The lowest BCUT2D eigenvalue weighted by atomic mass is 9.89. The van der Waals surface area contributed by atoms with Crippen LogP contribution in [-0.4, -0.2) is 0 Å². The quantitative estimate of drug-likeness (QED) is 0.843. The highest BCUT2D eigenvalue weighted by Gasteiger charge is 2.16. The number of hydrogen-bond donors (Lipinski definition) is 1. The summed E-state index contributed by atoms with van der Waals surface area (Å²) in [5, 5.41) is 0. The summed E-state index contributed by atoms with van der Waals surface area (Å²) in [6.07, 6.45) is 0. The largest absolute Gasteiger partial charge is 0.320 e. The van der Waals surface area contributed by atoms with Crippen molar-refractivity contribution in [3.05, 3.63) is 69.8 Å². The molecule has 18 heavy (non-hydrogen) atoms. The molecule has 0 spiro atoms. The van der Waals surface area contributed by atoms with Crippen molar-refractivity contribution in [2.75, 3.05) is 0 Å². The summed E-state index contributed by atoms with van der Waals surface area (Å²) in [6, 6.07) is 12.7. The van der Waals surface area contributed by atoms with Crippen LogP contribution >= 0.6 is 0 Å². The first-order valence-corrected chi connectivity index (χ1v) is 6.40. The predicted octanol–water partition coefficient (Wildman–Crippen LogP) is 3.97. The molecule has 94 valence electrons. The van der Waals surface area contributed by atoms with Crippen LogP contribution < -0.4 is 5.73 Å². The van der Waals surface area contributed by atoms with Gasteiger partial charge in [0.05, 0.1) is 6.04 Å². The first-order chi connectivity index (χ1) is 8.52. The van der Waals surface area contributed by atoms with Crippen molar-refractivity contribution < 1.29 is 0 Å². The maximum absolute atomic E-state index is 6.49. The summed E-state index contributed by atoms with van der Waals surface area (Å²) in [4.78, 5) is 0. The molecule has 2 N–H and O–H groups in total. The van der Waals surface area contributed by atoms with E-state index in [0.29, 0.717) is 0 Å². The van der Waals surface area contributed by atoms with Crippen molar-refractivity contribution in [3.63, 3.8) is 0 Å². The lowest BCUT2D eigenvalue weighted by molar-refractivity contribution is 0.840. The molecular formula is C17H21N. The summed E-state index contributed by atoms with van der Waals surface area (Å²) in [7, 11) is 0. The number of benzene rings is 2. The predicted molar refractivity (Wildman–Crippen MR) is 77.9 cm³/mol. The van der Waals surface area contributed by atoms with E-state index in [-0.39, 0.29) is 6.04 Å². The monoisotopic (exact) mass is 239 g/mol. The Morgan fingerprint density at radius 2 is 1.28 bits per heavy atom. The van der Waals surface area contributed by atoms with Gasteiger partial charge in [-0.1, -0.05) is 36.4 Å². The van der Waals surface area contributed by atoms with Gasteiger partial charge < -0.3 is 5.73 Å². The Hall–Kier alpha value is -1.60. The molecule has 0 aromatic heterocycles. The van der Waals surface area contributed by atoms with E-state index < -0.39 is 0 Å². The molecule has 1 atom stereocenters. The normalized spacial score (nSPS) is 12.5. The smallest absolute Gasteiger partial charge is 0.0559 e. The third-order valence-electron chi connectivity index (χ3n) is 3.83. The van der Waals surface area contributed by atoms with Crippen LogP contribution in [0.15, 0.2) is 36.4 Å². The van der Waals surface area contributed by atoms with E-state index in [1.54, 1.807) is 0 Å². The van der Waals surface area contributed by atoms with Crippen LogP contribution in [0.1, 0.15) is 39.4 Å². The van der Waals surface area contributed by atoms with Gasteiger partial charge in [0.2, 0.25) is 0 Å². The molecule has 0 saturated carbocycles. The van der Waals surface area contributed by atoms with Gasteiger partial charge in [-0.2, -0.15) is 0 Å². The Morgan fingerprint density at radius 1 is 0.778 bits per heavy atom. The number of hydrogen-bond acceptors (Lipinski definition) is 1. The highest BCUT2D eigenvalue weighted by molar-refractivity contribution is 5.45. The van der Waals surface area contributed by atoms with E-state index in [1.807, 2.05) is 0 Å². The number of nitrogens with two attached hydrogens (primary N) is 1. The van der Waals surface area contributed by atoms with Gasteiger partial charge >= 0.3 is 0 Å². The average Bonchev–Trinajstić information content (AvgIpc) is 2.32. The molecule has 0 fully saturated rings. The maximum Gasteiger partial charge on any atom is 0.0559 e. The Kier molecular flexibility index (Phi) is 3.53. The second kappa shape index (κ2) is 4.95. The minimum atomic E-state index is -0.0360. The third kappa shape index (κ3) is 2.19. The molecule has 0 aliphatic heterocycles. The summed E-state index contributed by atoms with van der Waals surface area (Å²) in [6.45, 7) is 8.55. The zero-order chi connectivity index (χ0) is 13.3. The van der Waals surface area contributed by atoms with Crippen LogP contribution in [0.3, 0.4) is 0 Å². The van der Waals surface area contributed by atoms with E-state index in [4.69, 9.17) is 5.73 Å². The molecule has 0 heterocycles. The molecule has 0 aliphatic carbocycles. The zero-order valence-corrected chi connectivity index (χ0v) is 11.6. The average molecular weight is 239 g/mol. The SMILES string of the molecule is Cc1cccc(C(N)c2c(C)cccc2C)c1C. The molecule has 1 unspecified atom stereocenters. The van der Waals surface area contributed by atoms with Crippen molar-refractivity contribution in [1.82, 2.24) is 0 Å². The zero-order valence-electron chi connectivity index (χ0n) is 11.6. The number of aryl methyl sites for hydroxylation is 3. The van der Waals surface area contributed by atoms with E-state index in [1.165, 1.54) is 33.4 Å². The molecule has 0 bridgehead atoms. The standard InChI is InChI=1S/C17H21N/c1-11-7-6-10-15(14(11)4)17(18)16-12(2)8-5-9-13(16)3/h5-10,17H,18H2,1-4H3. The van der Waals surface area contributed by atoms with Crippen LogP contribution in [0.5, 0.6) is 0 Å². The van der Waals surface area contributed by atoms with Crippen LogP contribution in [0.2, 0.25) is 0 Å². The Balaban J connectivity index is 2.55. The van der Waals surface area contributed by atoms with E-state index in [0.717, 1.165) is 0 Å². The van der Waals surface area contributed by atoms with Crippen LogP contribution in [0.25, 0.3) is 0 Å². The summed E-state index contributed by atoms with van der Waals surface area (Å²) in [5.74, 6) is 0. The van der Waals surface area contributed by atoms with Gasteiger partial charge in [0, 0.05) is 0 Å². The fourth-order valence-corrected chi connectivity index (χ4v) is 2.58. The molecule has 0 amide bonds. The highest BCUT2D eigenvalue weighted by atomic mass is 14.6. The van der Waals surface area contributed by atoms with Gasteiger partial charge in [0.1, 0.15) is 0 Å². The van der Waals surface area contributed by atoms with Crippen molar-refractivity contribution in [2.45, 2.75) is 33.7 Å². The van der Waals surface area contributed by atoms with Crippen LogP contribution in [0, 0.1) is 27.7 Å². The van der Waals surface area contributed by atoms with Gasteiger partial charge in [0.15, 0.2) is 0 Å². The molecule has 2 rings (SSSR count). The minimum Gasteiger partial charge on any atom is -0.320 e. The van der Waals surface area contributed by atoms with Gasteiger partial charge in [-0.05, 0) is 61.1 Å². The van der Waals surface area contributed by atoms with Crippen LogP contribution in [0.4, 0.5) is 0 Å². The molecular weight excluding hydrogens is 218 g/mol. The summed E-state index contributed by atoms with van der Waals surface area (Å²) in [5.41, 5.74) is 14.1. The molecule has 1 nitrogen and oxygen atoms in total. The van der Waals surface area contributed by atoms with Gasteiger partial charge in [-0.25, -0.2) is 0 Å². The Morgan fingerprint density at radius 3 is 1.89 bits per heavy atom. The minimum absolute atomic E-state index is 0.0360. The molecule has 2 aromatic carbocycles. The van der Waals surface area contributed by atoms with Crippen molar-refractivity contribution in [3.8, 4) is 0 Å². The molecule has 0 saturated heterocycles. The number of rotatable bonds is 2. The second-order valence-electron chi connectivity index (χ2n) is 5.07. The van der Waals surface area contributed by atoms with Gasteiger partial charge in [0.25, 0.3) is 0 Å². The summed E-state index contributed by atoms with van der Waals surface area (Å²) < 4.78 is 0. The highest BCUT2D eigenvalue weighted by Crippen LogP contribution is 2.28. The Labute approximate surface area is 110 Å². The lowest BCUT2D eigenvalue weighted by Gasteiger charge is -2.20. The first-order valence-electron chi connectivity index (χ1n) is 6.40. The molecule has 2 aromatic rings. The van der Waals surface area contributed by atoms with Gasteiger partial charge in [-0.3, -0.25) is 0 Å². The third-order valence-corrected chi connectivity index (χ3v) is 3.83. The van der Waals surface area contributed by atoms with E-state index >= 15 is 0 Å². The lowest BCUT2D eigenvalue weighted by Crippen LogP contribution is -2.16. The topological polar surface area (TPSA) is 26.0 Å². The Bertz CT molecular complexity index is 550. The van der Waals surface area contributed by atoms with E-state index in [9.17, 15) is 0 Å². The second-order valence-corrected chi connectivity index (χ2v) is 5.07. The fraction of sp³-hybridized carbons (Fsp3) is 0.294. The van der Waals surface area contributed by atoms with E-state index in [2.05, 4.69) is 64.1 Å². The molecule has 0 aliphatic rings. The molecule has 0 radical (unpaired) electrons.